The number of carbonyl (C=O) groups excluding carboxylic acids is 1. The molecule has 4 heteroatoms. The molecule has 0 spiro atoms. The van der Waals surface area contributed by atoms with Gasteiger partial charge in [0.1, 0.15) is 0 Å². The summed E-state index contributed by atoms with van der Waals surface area (Å²) in [5, 5.41) is 6.36. The van der Waals surface area contributed by atoms with Gasteiger partial charge in [-0.05, 0) is 37.1 Å². The van der Waals surface area contributed by atoms with E-state index >= 15 is 0 Å². The van der Waals surface area contributed by atoms with E-state index in [1.165, 1.54) is 12.0 Å². The molecule has 0 saturated carbocycles. The van der Waals surface area contributed by atoms with Crippen molar-refractivity contribution in [2.24, 2.45) is 0 Å². The molecule has 1 aliphatic rings. The molecule has 1 aromatic carbocycles. The summed E-state index contributed by atoms with van der Waals surface area (Å²) in [4.78, 5) is 11.4. The van der Waals surface area contributed by atoms with Gasteiger partial charge in [-0.2, -0.15) is 0 Å². The molecule has 18 heavy (non-hydrogen) atoms. The topological polar surface area (TPSA) is 34.0 Å². The Morgan fingerprint density at radius 3 is 2.94 bits per heavy atom. The summed E-state index contributed by atoms with van der Waals surface area (Å²) < 4.78 is 1.62. The Hall–Kier alpha value is -1.32. The van der Waals surface area contributed by atoms with Crippen LogP contribution < -0.4 is 5.32 Å². The van der Waals surface area contributed by atoms with Gasteiger partial charge in [0.2, 0.25) is 5.91 Å². The van der Waals surface area contributed by atoms with Crippen molar-refractivity contribution in [3.63, 3.8) is 0 Å². The van der Waals surface area contributed by atoms with Gasteiger partial charge in [-0.15, -0.1) is 0 Å². The predicted molar refractivity (Wildman–Crippen MR) is 73.2 cm³/mol. The zero-order valence-corrected chi connectivity index (χ0v) is 11.0. The number of nitrogens with one attached hydrogen (secondary N) is 1. The van der Waals surface area contributed by atoms with Crippen molar-refractivity contribution in [2.45, 2.75) is 25.8 Å². The summed E-state index contributed by atoms with van der Waals surface area (Å²) in [6.45, 7) is 2.61. The number of benzene rings is 1. The first kappa shape index (κ1) is 11.8. The quantitative estimate of drug-likeness (QED) is 0.855. The second-order valence-corrected chi connectivity index (χ2v) is 5.27. The van der Waals surface area contributed by atoms with E-state index in [0.717, 1.165) is 28.8 Å². The summed E-state index contributed by atoms with van der Waals surface area (Å²) >= 11 is 6.17. The molecule has 0 amide bonds. The average molecular weight is 263 g/mol. The lowest BCUT2D eigenvalue weighted by Gasteiger charge is -2.12. The van der Waals surface area contributed by atoms with Crippen molar-refractivity contribution in [3.05, 3.63) is 35.1 Å². The Morgan fingerprint density at radius 1 is 1.44 bits per heavy atom. The Bertz CT molecular complexity index is 612. The normalized spacial score (nSPS) is 19.6. The smallest absolute Gasteiger partial charge is 0.227 e. The molecule has 1 fully saturated rings. The van der Waals surface area contributed by atoms with E-state index in [0.29, 0.717) is 6.04 Å². The molecule has 1 aromatic heterocycles. The lowest BCUT2D eigenvalue weighted by molar-refractivity contribution is 0.0937. The van der Waals surface area contributed by atoms with Crippen LogP contribution in [0.15, 0.2) is 24.5 Å². The number of nitrogens with zero attached hydrogens (tertiary/aromatic N) is 1. The minimum absolute atomic E-state index is 0.0210. The molecule has 3 nitrogen and oxygen atoms in total. The molecule has 1 N–H and O–H groups in total. The first-order chi connectivity index (χ1) is 8.65. The molecule has 0 bridgehead atoms. The maximum Gasteiger partial charge on any atom is 0.227 e. The molecule has 0 unspecified atom stereocenters. The van der Waals surface area contributed by atoms with Crippen LogP contribution in [-0.4, -0.2) is 17.0 Å². The second-order valence-electron chi connectivity index (χ2n) is 4.83. The molecule has 0 aliphatic carbocycles. The van der Waals surface area contributed by atoms with Gasteiger partial charge in [0.15, 0.2) is 0 Å². The van der Waals surface area contributed by atoms with E-state index < -0.39 is 0 Å². The molecular weight excluding hydrogens is 248 g/mol. The van der Waals surface area contributed by atoms with Crippen molar-refractivity contribution in [1.82, 2.24) is 9.88 Å². The number of fused-ring (bicyclic) bond motifs is 1. The summed E-state index contributed by atoms with van der Waals surface area (Å²) in [5.74, 6) is 0.0210. The molecule has 1 saturated heterocycles. The lowest BCUT2D eigenvalue weighted by atomic mass is 10.0. The van der Waals surface area contributed by atoms with E-state index in [2.05, 4.69) is 5.32 Å². The largest absolute Gasteiger partial charge is 0.310 e. The Balaban J connectivity index is 2.19. The zero-order chi connectivity index (χ0) is 12.7. The molecule has 1 aliphatic heterocycles. The number of carbonyl (C=O) groups is 1. The number of hydrogen-bond donors (Lipinski definition) is 1. The van der Waals surface area contributed by atoms with E-state index in [1.807, 2.05) is 24.5 Å². The summed E-state index contributed by atoms with van der Waals surface area (Å²) in [5.41, 5.74) is 1.20. The maximum atomic E-state index is 11.4. The molecule has 3 rings (SSSR count). The first-order valence-corrected chi connectivity index (χ1v) is 6.58. The number of hydrogen-bond acceptors (Lipinski definition) is 2. The molecule has 2 aromatic rings. The fourth-order valence-electron chi connectivity index (χ4n) is 2.66. The van der Waals surface area contributed by atoms with Crippen molar-refractivity contribution < 1.29 is 4.79 Å². The highest BCUT2D eigenvalue weighted by Crippen LogP contribution is 2.33. The minimum Gasteiger partial charge on any atom is -0.310 e. The van der Waals surface area contributed by atoms with Gasteiger partial charge in [-0.3, -0.25) is 9.36 Å². The van der Waals surface area contributed by atoms with E-state index in [1.54, 1.807) is 11.5 Å². The van der Waals surface area contributed by atoms with E-state index in [-0.39, 0.29) is 5.91 Å². The van der Waals surface area contributed by atoms with Crippen LogP contribution in [0.1, 0.15) is 36.2 Å². The fraction of sp³-hybridized carbons (Fsp3) is 0.357. The van der Waals surface area contributed by atoms with Crippen molar-refractivity contribution in [2.75, 3.05) is 6.54 Å². The highest BCUT2D eigenvalue weighted by molar-refractivity contribution is 6.31. The minimum atomic E-state index is 0.0210. The highest BCUT2D eigenvalue weighted by atomic mass is 35.5. The van der Waals surface area contributed by atoms with Gasteiger partial charge in [-0.1, -0.05) is 11.6 Å². The Labute approximate surface area is 111 Å². The highest BCUT2D eigenvalue weighted by Gasteiger charge is 2.20. The molecule has 0 radical (unpaired) electrons. The Kier molecular flexibility index (Phi) is 2.88. The summed E-state index contributed by atoms with van der Waals surface area (Å²) in [6, 6.07) is 4.28. The molecule has 1 atom stereocenters. The van der Waals surface area contributed by atoms with Gasteiger partial charge in [0.25, 0.3) is 0 Å². The third-order valence-electron chi connectivity index (χ3n) is 3.55. The Morgan fingerprint density at radius 2 is 2.28 bits per heavy atom. The fourth-order valence-corrected chi connectivity index (χ4v) is 2.90. The first-order valence-electron chi connectivity index (χ1n) is 6.20. The molecule has 94 valence electrons. The van der Waals surface area contributed by atoms with Gasteiger partial charge >= 0.3 is 0 Å². The van der Waals surface area contributed by atoms with Crippen LogP contribution in [0.3, 0.4) is 0 Å². The standard InChI is InChI=1S/C14H15ClN2O/c1-9(18)17-7-10-5-11(15)6-12(13(10)8-17)14-3-2-4-16-14/h5-8,14,16H,2-4H2,1H3/t14-/m0/s1. The van der Waals surface area contributed by atoms with Gasteiger partial charge in [0, 0.05) is 41.2 Å². The van der Waals surface area contributed by atoms with Crippen LogP contribution in [0.4, 0.5) is 0 Å². The predicted octanol–water partition coefficient (Wildman–Crippen LogP) is 3.38. The van der Waals surface area contributed by atoms with Crippen molar-refractivity contribution in [1.29, 1.82) is 0 Å². The molecule has 2 heterocycles. The third-order valence-corrected chi connectivity index (χ3v) is 3.77. The maximum absolute atomic E-state index is 11.4. The number of aromatic nitrogens is 1. The summed E-state index contributed by atoms with van der Waals surface area (Å²) in [6.07, 6.45) is 6.07. The van der Waals surface area contributed by atoms with Crippen molar-refractivity contribution >= 4 is 28.3 Å². The van der Waals surface area contributed by atoms with Crippen LogP contribution in [0.5, 0.6) is 0 Å². The summed E-state index contributed by atoms with van der Waals surface area (Å²) in [7, 11) is 0. The third kappa shape index (κ3) is 1.93. The van der Waals surface area contributed by atoms with Crippen LogP contribution >= 0.6 is 11.6 Å². The van der Waals surface area contributed by atoms with Gasteiger partial charge < -0.3 is 5.32 Å². The zero-order valence-electron chi connectivity index (χ0n) is 10.2. The van der Waals surface area contributed by atoms with Crippen LogP contribution in [0.25, 0.3) is 10.8 Å². The monoisotopic (exact) mass is 262 g/mol. The SMILES string of the molecule is CC(=O)n1cc2cc(Cl)cc([C@@H]3CCCN3)c2c1. The van der Waals surface area contributed by atoms with Crippen LogP contribution in [-0.2, 0) is 0 Å². The number of rotatable bonds is 1. The van der Waals surface area contributed by atoms with Crippen molar-refractivity contribution in [3.8, 4) is 0 Å². The van der Waals surface area contributed by atoms with Crippen LogP contribution in [0, 0.1) is 0 Å². The lowest BCUT2D eigenvalue weighted by Crippen LogP contribution is -2.13. The second kappa shape index (κ2) is 4.41. The van der Waals surface area contributed by atoms with Gasteiger partial charge in [0.05, 0.1) is 0 Å². The van der Waals surface area contributed by atoms with Gasteiger partial charge in [-0.25, -0.2) is 0 Å². The number of halogens is 1. The van der Waals surface area contributed by atoms with Crippen LogP contribution in [0.2, 0.25) is 5.02 Å². The van der Waals surface area contributed by atoms with E-state index in [9.17, 15) is 4.79 Å². The molecular formula is C14H15ClN2O. The van der Waals surface area contributed by atoms with E-state index in [4.69, 9.17) is 11.6 Å². The average Bonchev–Trinajstić information content (AvgIpc) is 2.96.